The zero-order chi connectivity index (χ0) is 17.5. The molecule has 0 radical (unpaired) electrons. The highest BCUT2D eigenvalue weighted by atomic mass is 19.1. The molecular formula is C21H25FN4. The van der Waals surface area contributed by atoms with Crippen molar-refractivity contribution in [2.75, 3.05) is 31.1 Å². The number of hydrogen-bond acceptors (Lipinski definition) is 4. The number of nitrogens with zero attached hydrogens (tertiary/aromatic N) is 3. The van der Waals surface area contributed by atoms with Gasteiger partial charge in [0.25, 0.3) is 0 Å². The van der Waals surface area contributed by atoms with E-state index >= 15 is 0 Å². The molecule has 1 saturated carbocycles. The molecule has 0 amide bonds. The molecule has 2 aromatic rings. The first-order valence-electron chi connectivity index (χ1n) is 9.89. The van der Waals surface area contributed by atoms with Crippen LogP contribution in [-0.2, 0) is 12.8 Å². The Morgan fingerprint density at radius 3 is 2.58 bits per heavy atom. The number of anilines is 1. The highest BCUT2D eigenvalue weighted by Crippen LogP contribution is 2.40. The summed E-state index contributed by atoms with van der Waals surface area (Å²) in [6.45, 7) is 3.99. The fourth-order valence-electron chi connectivity index (χ4n) is 4.29. The normalized spacial score (nSPS) is 23.0. The van der Waals surface area contributed by atoms with Crippen LogP contribution in [0.1, 0.15) is 53.7 Å². The van der Waals surface area contributed by atoms with E-state index in [2.05, 4.69) is 10.2 Å². The van der Waals surface area contributed by atoms with Crippen LogP contribution in [-0.4, -0.2) is 36.1 Å². The molecule has 1 N–H and O–H groups in total. The third-order valence-electron chi connectivity index (χ3n) is 5.95. The second-order valence-electron chi connectivity index (χ2n) is 7.84. The lowest BCUT2D eigenvalue weighted by atomic mass is 9.98. The van der Waals surface area contributed by atoms with Crippen molar-refractivity contribution >= 4 is 5.82 Å². The number of benzene rings is 1. The van der Waals surface area contributed by atoms with Crippen LogP contribution in [0.4, 0.5) is 10.2 Å². The van der Waals surface area contributed by atoms with E-state index in [1.807, 2.05) is 12.1 Å². The number of hydrogen-bond donors (Lipinski definition) is 1. The third-order valence-corrected chi connectivity index (χ3v) is 5.95. The van der Waals surface area contributed by atoms with Gasteiger partial charge in [-0.3, -0.25) is 0 Å². The maximum absolute atomic E-state index is 13.2. The van der Waals surface area contributed by atoms with Crippen molar-refractivity contribution in [3.8, 4) is 0 Å². The van der Waals surface area contributed by atoms with Gasteiger partial charge in [-0.15, -0.1) is 0 Å². The van der Waals surface area contributed by atoms with Gasteiger partial charge >= 0.3 is 0 Å². The van der Waals surface area contributed by atoms with Crippen LogP contribution in [0.3, 0.4) is 0 Å². The molecule has 0 bridgehead atoms. The van der Waals surface area contributed by atoms with Crippen molar-refractivity contribution in [1.82, 2.24) is 15.3 Å². The molecule has 5 heteroatoms. The minimum Gasteiger partial charge on any atom is -0.356 e. The molecule has 1 saturated heterocycles. The van der Waals surface area contributed by atoms with Crippen molar-refractivity contribution in [3.63, 3.8) is 0 Å². The SMILES string of the molecule is Fc1ccc(C2CCN(c3nc(C4CC4)nc4c3CCNCC4)C2)cc1. The molecule has 5 rings (SSSR count). The third kappa shape index (κ3) is 3.09. The van der Waals surface area contributed by atoms with Crippen molar-refractivity contribution in [3.05, 3.63) is 52.7 Å². The molecule has 1 atom stereocenters. The van der Waals surface area contributed by atoms with Crippen molar-refractivity contribution < 1.29 is 4.39 Å². The first kappa shape index (κ1) is 16.2. The zero-order valence-electron chi connectivity index (χ0n) is 15.0. The van der Waals surface area contributed by atoms with Gasteiger partial charge in [0.15, 0.2) is 0 Å². The van der Waals surface area contributed by atoms with Gasteiger partial charge in [-0.25, -0.2) is 14.4 Å². The molecule has 2 aliphatic heterocycles. The van der Waals surface area contributed by atoms with E-state index in [0.29, 0.717) is 11.8 Å². The van der Waals surface area contributed by atoms with Crippen LogP contribution in [0.15, 0.2) is 24.3 Å². The predicted octanol–water partition coefficient (Wildman–Crippen LogP) is 3.18. The van der Waals surface area contributed by atoms with Crippen molar-refractivity contribution in [2.45, 2.75) is 43.9 Å². The second-order valence-corrected chi connectivity index (χ2v) is 7.84. The van der Waals surface area contributed by atoms with Gasteiger partial charge in [0, 0.05) is 43.5 Å². The van der Waals surface area contributed by atoms with Crippen molar-refractivity contribution in [2.24, 2.45) is 0 Å². The fourth-order valence-corrected chi connectivity index (χ4v) is 4.29. The summed E-state index contributed by atoms with van der Waals surface area (Å²) in [4.78, 5) is 12.4. The molecular weight excluding hydrogens is 327 g/mol. The lowest BCUT2D eigenvalue weighted by molar-refractivity contribution is 0.625. The summed E-state index contributed by atoms with van der Waals surface area (Å²) >= 11 is 0. The number of halogens is 1. The predicted molar refractivity (Wildman–Crippen MR) is 100 cm³/mol. The van der Waals surface area contributed by atoms with E-state index in [9.17, 15) is 4.39 Å². The lowest BCUT2D eigenvalue weighted by Gasteiger charge is -2.23. The molecule has 1 aliphatic carbocycles. The highest BCUT2D eigenvalue weighted by molar-refractivity contribution is 5.52. The quantitative estimate of drug-likeness (QED) is 0.921. The Bertz CT molecular complexity index is 800. The summed E-state index contributed by atoms with van der Waals surface area (Å²) in [5.74, 6) is 3.10. The van der Waals surface area contributed by atoms with E-state index in [-0.39, 0.29) is 5.82 Å². The summed E-state index contributed by atoms with van der Waals surface area (Å²) in [5, 5.41) is 3.49. The minimum atomic E-state index is -0.161. The minimum absolute atomic E-state index is 0.161. The summed E-state index contributed by atoms with van der Waals surface area (Å²) in [7, 11) is 0. The monoisotopic (exact) mass is 352 g/mol. The maximum atomic E-state index is 13.2. The van der Waals surface area contributed by atoms with Gasteiger partial charge in [-0.1, -0.05) is 12.1 Å². The average Bonchev–Trinajstić information content (AvgIpc) is 3.43. The Kier molecular flexibility index (Phi) is 4.12. The first-order valence-corrected chi connectivity index (χ1v) is 9.89. The van der Waals surface area contributed by atoms with Crippen LogP contribution in [0.2, 0.25) is 0 Å². The number of rotatable bonds is 3. The van der Waals surface area contributed by atoms with Gasteiger partial charge in [-0.2, -0.15) is 0 Å². The molecule has 3 heterocycles. The molecule has 1 aromatic carbocycles. The van der Waals surface area contributed by atoms with E-state index in [1.165, 1.54) is 35.5 Å². The Hall–Kier alpha value is -2.01. The van der Waals surface area contributed by atoms with Crippen LogP contribution in [0.5, 0.6) is 0 Å². The molecule has 0 spiro atoms. The van der Waals surface area contributed by atoms with Gasteiger partial charge in [-0.05, 0) is 49.9 Å². The largest absolute Gasteiger partial charge is 0.356 e. The summed E-state index contributed by atoms with van der Waals surface area (Å²) in [6, 6.07) is 7.02. The van der Waals surface area contributed by atoms with E-state index in [4.69, 9.17) is 9.97 Å². The van der Waals surface area contributed by atoms with E-state index in [1.54, 1.807) is 12.1 Å². The van der Waals surface area contributed by atoms with Crippen molar-refractivity contribution in [1.29, 1.82) is 0 Å². The van der Waals surface area contributed by atoms with Gasteiger partial charge < -0.3 is 10.2 Å². The molecule has 3 aliphatic rings. The molecule has 26 heavy (non-hydrogen) atoms. The lowest BCUT2D eigenvalue weighted by Crippen LogP contribution is -2.24. The Morgan fingerprint density at radius 2 is 1.77 bits per heavy atom. The summed E-state index contributed by atoms with van der Waals surface area (Å²) < 4.78 is 13.2. The summed E-state index contributed by atoms with van der Waals surface area (Å²) in [6.07, 6.45) is 5.57. The maximum Gasteiger partial charge on any atom is 0.135 e. The number of fused-ring (bicyclic) bond motifs is 1. The molecule has 136 valence electrons. The van der Waals surface area contributed by atoms with Gasteiger partial charge in [0.05, 0.1) is 5.69 Å². The Balaban J connectivity index is 1.45. The van der Waals surface area contributed by atoms with E-state index in [0.717, 1.165) is 51.3 Å². The van der Waals surface area contributed by atoms with Gasteiger partial charge in [0.2, 0.25) is 0 Å². The summed E-state index contributed by atoms with van der Waals surface area (Å²) in [5.41, 5.74) is 3.84. The molecule has 2 fully saturated rings. The Labute approximate surface area is 153 Å². The Morgan fingerprint density at radius 1 is 0.962 bits per heavy atom. The second kappa shape index (κ2) is 6.62. The van der Waals surface area contributed by atoms with Crippen LogP contribution < -0.4 is 10.2 Å². The molecule has 4 nitrogen and oxygen atoms in total. The first-order chi connectivity index (χ1) is 12.8. The average molecular weight is 352 g/mol. The van der Waals surface area contributed by atoms with E-state index < -0.39 is 0 Å². The number of aromatic nitrogens is 2. The fraction of sp³-hybridized carbons (Fsp3) is 0.524. The highest BCUT2D eigenvalue weighted by Gasteiger charge is 2.32. The van der Waals surface area contributed by atoms with Crippen LogP contribution in [0, 0.1) is 5.82 Å². The standard InChI is InChI=1S/C21H25FN4/c22-17-5-3-14(4-6-17)16-9-12-26(13-16)21-18-7-10-23-11-8-19(18)24-20(25-21)15-1-2-15/h3-6,15-16,23H,1-2,7-13H2. The molecule has 1 aromatic heterocycles. The van der Waals surface area contributed by atoms with Crippen LogP contribution in [0.25, 0.3) is 0 Å². The van der Waals surface area contributed by atoms with Gasteiger partial charge in [0.1, 0.15) is 17.5 Å². The topological polar surface area (TPSA) is 41.1 Å². The number of nitrogens with one attached hydrogen (secondary N) is 1. The molecule has 1 unspecified atom stereocenters. The zero-order valence-corrected chi connectivity index (χ0v) is 15.0. The smallest absolute Gasteiger partial charge is 0.135 e. The van der Waals surface area contributed by atoms with Crippen LogP contribution >= 0.6 is 0 Å².